The quantitative estimate of drug-likeness (QED) is 0.500. The smallest absolute Gasteiger partial charge is 0.408 e. The van der Waals surface area contributed by atoms with Crippen molar-refractivity contribution in [2.45, 2.75) is 33.2 Å². The van der Waals surface area contributed by atoms with Crippen molar-refractivity contribution >= 4 is 33.5 Å². The van der Waals surface area contributed by atoms with Crippen molar-refractivity contribution in [1.82, 2.24) is 9.55 Å². The fourth-order valence-electron chi connectivity index (χ4n) is 3.17. The summed E-state index contributed by atoms with van der Waals surface area (Å²) in [6.45, 7) is 4.57. The van der Waals surface area contributed by atoms with Gasteiger partial charge in [0.25, 0.3) is 0 Å². The number of benzene rings is 2. The van der Waals surface area contributed by atoms with Crippen LogP contribution in [0.25, 0.3) is 22.4 Å². The van der Waals surface area contributed by atoms with Crippen LogP contribution >= 0.6 is 11.3 Å². The molecule has 0 radical (unpaired) electrons. The molecule has 0 bridgehead atoms. The lowest BCUT2D eigenvalue weighted by atomic mass is 10.1. The minimum atomic E-state index is -0.399. The molecule has 0 saturated carbocycles. The number of oxazole rings is 1. The van der Waals surface area contributed by atoms with Crippen LogP contribution in [0.5, 0.6) is 0 Å². The number of rotatable bonds is 6. The van der Waals surface area contributed by atoms with E-state index in [-0.39, 0.29) is 5.91 Å². The molecule has 4 rings (SSSR count). The van der Waals surface area contributed by atoms with Gasteiger partial charge in [-0.2, -0.15) is 0 Å². The van der Waals surface area contributed by atoms with Crippen LogP contribution in [0.15, 0.2) is 57.1 Å². The molecule has 0 saturated heterocycles. The number of nitrogens with one attached hydrogen (secondary N) is 1. The predicted octanol–water partition coefficient (Wildman–Crippen LogP) is 4.75. The molecular formula is C22H21N3O3S. The predicted molar refractivity (Wildman–Crippen MR) is 115 cm³/mol. The number of nitrogens with zero attached hydrogens (tertiary/aromatic N) is 2. The first-order valence-electron chi connectivity index (χ1n) is 9.42. The van der Waals surface area contributed by atoms with Crippen molar-refractivity contribution < 1.29 is 9.21 Å². The van der Waals surface area contributed by atoms with E-state index < -0.39 is 5.76 Å². The monoisotopic (exact) mass is 407 g/mol. The standard InChI is InChI=1S/C22H21N3O3S/c1-14-9-10-16(12-15(14)2)17-13-29-21(23-17)24-20(26)8-5-11-25-18-6-3-4-7-19(18)28-22(25)27/h3-4,6-7,9-10,12-13H,5,8,11H2,1-2H3,(H,23,24,26). The first kappa shape index (κ1) is 19.1. The molecule has 0 fully saturated rings. The SMILES string of the molecule is Cc1ccc(-c2csc(NC(=O)CCCn3c(=O)oc4ccccc43)n2)cc1C. The van der Waals surface area contributed by atoms with Crippen LogP contribution in [0.1, 0.15) is 24.0 Å². The van der Waals surface area contributed by atoms with Crippen LogP contribution in [0.4, 0.5) is 5.13 Å². The van der Waals surface area contributed by atoms with Crippen LogP contribution in [-0.2, 0) is 11.3 Å². The summed E-state index contributed by atoms with van der Waals surface area (Å²) in [7, 11) is 0. The third kappa shape index (κ3) is 4.14. The molecule has 1 N–H and O–H groups in total. The molecule has 148 valence electrons. The van der Waals surface area contributed by atoms with Gasteiger partial charge in [0.1, 0.15) is 0 Å². The summed E-state index contributed by atoms with van der Waals surface area (Å²) >= 11 is 1.41. The van der Waals surface area contributed by atoms with Crippen molar-refractivity contribution in [3.8, 4) is 11.3 Å². The summed E-state index contributed by atoms with van der Waals surface area (Å²) in [6.07, 6.45) is 0.829. The van der Waals surface area contributed by atoms with E-state index >= 15 is 0 Å². The molecule has 0 unspecified atom stereocenters. The van der Waals surface area contributed by atoms with Crippen molar-refractivity contribution in [3.05, 3.63) is 69.5 Å². The molecule has 2 heterocycles. The van der Waals surface area contributed by atoms with Crippen molar-refractivity contribution in [1.29, 1.82) is 0 Å². The maximum absolute atomic E-state index is 12.3. The zero-order valence-corrected chi connectivity index (χ0v) is 17.1. The number of thiazole rings is 1. The van der Waals surface area contributed by atoms with E-state index in [1.54, 1.807) is 10.6 Å². The fourth-order valence-corrected chi connectivity index (χ4v) is 3.91. The van der Waals surface area contributed by atoms with Gasteiger partial charge in [-0.25, -0.2) is 9.78 Å². The fraction of sp³-hybridized carbons (Fsp3) is 0.227. The van der Waals surface area contributed by atoms with Crippen LogP contribution < -0.4 is 11.1 Å². The first-order valence-corrected chi connectivity index (χ1v) is 10.3. The Kier molecular flexibility index (Phi) is 5.31. The Morgan fingerprint density at radius 3 is 2.83 bits per heavy atom. The minimum Gasteiger partial charge on any atom is -0.408 e. The third-order valence-electron chi connectivity index (χ3n) is 4.91. The number of aryl methyl sites for hydroxylation is 3. The highest BCUT2D eigenvalue weighted by atomic mass is 32.1. The lowest BCUT2D eigenvalue weighted by Crippen LogP contribution is -2.17. The highest BCUT2D eigenvalue weighted by molar-refractivity contribution is 7.14. The molecule has 0 aliphatic rings. The number of carbonyl (C=O) groups is 1. The summed E-state index contributed by atoms with van der Waals surface area (Å²) in [4.78, 5) is 28.8. The molecule has 0 spiro atoms. The van der Waals surface area contributed by atoms with Gasteiger partial charge < -0.3 is 9.73 Å². The lowest BCUT2D eigenvalue weighted by molar-refractivity contribution is -0.116. The Balaban J connectivity index is 1.35. The summed E-state index contributed by atoms with van der Waals surface area (Å²) < 4.78 is 6.77. The van der Waals surface area contributed by atoms with E-state index in [0.717, 1.165) is 16.8 Å². The second-order valence-electron chi connectivity index (χ2n) is 6.98. The molecule has 0 atom stereocenters. The number of aromatic nitrogens is 2. The van der Waals surface area contributed by atoms with E-state index in [2.05, 4.69) is 36.3 Å². The van der Waals surface area contributed by atoms with E-state index in [1.807, 2.05) is 29.6 Å². The van der Waals surface area contributed by atoms with Gasteiger partial charge in [0.2, 0.25) is 5.91 Å². The Bertz CT molecular complexity index is 1240. The molecule has 6 nitrogen and oxygen atoms in total. The maximum atomic E-state index is 12.3. The van der Waals surface area contributed by atoms with E-state index in [4.69, 9.17) is 4.42 Å². The number of anilines is 1. The molecule has 2 aromatic heterocycles. The van der Waals surface area contributed by atoms with Gasteiger partial charge in [-0.15, -0.1) is 11.3 Å². The van der Waals surface area contributed by atoms with Gasteiger partial charge in [-0.05, 0) is 49.6 Å². The van der Waals surface area contributed by atoms with Crippen LogP contribution in [0.2, 0.25) is 0 Å². The Hall–Kier alpha value is -3.19. The van der Waals surface area contributed by atoms with Crippen LogP contribution in [-0.4, -0.2) is 15.5 Å². The molecular weight excluding hydrogens is 386 g/mol. The van der Waals surface area contributed by atoms with Gasteiger partial charge in [0, 0.05) is 23.9 Å². The normalized spacial score (nSPS) is 11.1. The number of amides is 1. The topological polar surface area (TPSA) is 77.1 Å². The van der Waals surface area contributed by atoms with Crippen molar-refractivity contribution in [3.63, 3.8) is 0 Å². The highest BCUT2D eigenvalue weighted by Gasteiger charge is 2.11. The number of para-hydroxylation sites is 2. The Morgan fingerprint density at radius 1 is 1.17 bits per heavy atom. The highest BCUT2D eigenvalue weighted by Crippen LogP contribution is 2.26. The summed E-state index contributed by atoms with van der Waals surface area (Å²) in [5.74, 6) is -0.517. The van der Waals surface area contributed by atoms with Gasteiger partial charge >= 0.3 is 5.76 Å². The average Bonchev–Trinajstić information content (AvgIpc) is 3.28. The van der Waals surface area contributed by atoms with Gasteiger partial charge in [-0.3, -0.25) is 9.36 Å². The van der Waals surface area contributed by atoms with E-state index in [0.29, 0.717) is 30.1 Å². The Labute approximate surface area is 171 Å². The maximum Gasteiger partial charge on any atom is 0.419 e. The average molecular weight is 407 g/mol. The van der Waals surface area contributed by atoms with Crippen LogP contribution in [0, 0.1) is 13.8 Å². The van der Waals surface area contributed by atoms with Crippen LogP contribution in [0.3, 0.4) is 0 Å². The number of hydrogen-bond acceptors (Lipinski definition) is 5. The number of carbonyl (C=O) groups excluding carboxylic acids is 1. The Morgan fingerprint density at radius 2 is 2.00 bits per heavy atom. The molecule has 0 aliphatic carbocycles. The zero-order valence-electron chi connectivity index (χ0n) is 16.3. The molecule has 4 aromatic rings. The molecule has 7 heteroatoms. The first-order chi connectivity index (χ1) is 14.0. The van der Waals surface area contributed by atoms with E-state index in [1.165, 1.54) is 22.5 Å². The second kappa shape index (κ2) is 8.05. The number of fused-ring (bicyclic) bond motifs is 1. The van der Waals surface area contributed by atoms with E-state index in [9.17, 15) is 9.59 Å². The van der Waals surface area contributed by atoms with Crippen molar-refractivity contribution in [2.75, 3.05) is 5.32 Å². The second-order valence-corrected chi connectivity index (χ2v) is 7.83. The lowest BCUT2D eigenvalue weighted by Gasteiger charge is -2.04. The van der Waals surface area contributed by atoms with Gasteiger partial charge in [0.05, 0.1) is 11.2 Å². The third-order valence-corrected chi connectivity index (χ3v) is 5.67. The summed E-state index contributed by atoms with van der Waals surface area (Å²) in [5, 5.41) is 5.37. The molecule has 29 heavy (non-hydrogen) atoms. The molecule has 0 aliphatic heterocycles. The van der Waals surface area contributed by atoms with Crippen molar-refractivity contribution in [2.24, 2.45) is 0 Å². The van der Waals surface area contributed by atoms with Gasteiger partial charge in [-0.1, -0.05) is 24.3 Å². The zero-order chi connectivity index (χ0) is 20.4. The number of hydrogen-bond donors (Lipinski definition) is 1. The largest absolute Gasteiger partial charge is 0.419 e. The summed E-state index contributed by atoms with van der Waals surface area (Å²) in [5.41, 5.74) is 5.64. The van der Waals surface area contributed by atoms with Gasteiger partial charge in [0.15, 0.2) is 10.7 Å². The molecule has 1 amide bonds. The minimum absolute atomic E-state index is 0.119. The molecule has 2 aromatic carbocycles. The summed E-state index contributed by atoms with van der Waals surface area (Å²) in [6, 6.07) is 13.5.